The van der Waals surface area contributed by atoms with E-state index in [0.29, 0.717) is 11.5 Å². The smallest absolute Gasteiger partial charge is 0.342 e. The molecule has 0 spiro atoms. The van der Waals surface area contributed by atoms with E-state index in [1.807, 2.05) is 0 Å². The van der Waals surface area contributed by atoms with Crippen LogP contribution in [0.25, 0.3) is 0 Å². The van der Waals surface area contributed by atoms with Gasteiger partial charge in [-0.15, -0.1) is 0 Å². The highest BCUT2D eigenvalue weighted by atomic mass is 16.6. The van der Waals surface area contributed by atoms with Crippen LogP contribution in [0.4, 0.5) is 0 Å². The van der Waals surface area contributed by atoms with Gasteiger partial charge in [-0.3, -0.25) is 4.79 Å². The molecule has 2 atom stereocenters. The van der Waals surface area contributed by atoms with E-state index in [4.69, 9.17) is 0 Å². The number of carbonyl (C=O) groups excluding carboxylic acids is 2. The maximum Gasteiger partial charge on any atom is 0.342 e. The van der Waals surface area contributed by atoms with Gasteiger partial charge in [0, 0.05) is 0 Å². The summed E-state index contributed by atoms with van der Waals surface area (Å²) < 4.78 is 4.57. The number of ether oxygens (including phenoxy) is 1. The number of cyclic esters (lactones) is 2. The van der Waals surface area contributed by atoms with Gasteiger partial charge in [0.15, 0.2) is 0 Å². The van der Waals surface area contributed by atoms with Gasteiger partial charge in [0.2, 0.25) is 0 Å². The zero-order valence-electron chi connectivity index (χ0n) is 6.50. The van der Waals surface area contributed by atoms with Crippen LogP contribution in [-0.2, 0) is 14.3 Å². The fraction of sp³-hybridized carbons (Fsp3) is 0.556. The molecular weight excluding hydrogens is 156 g/mol. The van der Waals surface area contributed by atoms with E-state index < -0.39 is 0 Å². The number of rotatable bonds is 0. The molecule has 0 radical (unpaired) electrons. The zero-order valence-corrected chi connectivity index (χ0v) is 6.50. The third kappa shape index (κ3) is 0.543. The van der Waals surface area contributed by atoms with Crippen molar-refractivity contribution in [2.24, 2.45) is 11.8 Å². The number of esters is 2. The highest BCUT2D eigenvalue weighted by molar-refractivity contribution is 6.09. The summed E-state index contributed by atoms with van der Waals surface area (Å²) in [5, 5.41) is 0. The van der Waals surface area contributed by atoms with Gasteiger partial charge in [0.25, 0.3) is 0 Å². The van der Waals surface area contributed by atoms with E-state index >= 15 is 0 Å². The van der Waals surface area contributed by atoms with E-state index in [1.165, 1.54) is 5.57 Å². The van der Waals surface area contributed by atoms with Gasteiger partial charge in [-0.1, -0.05) is 5.57 Å². The second-order valence-electron chi connectivity index (χ2n) is 3.71. The van der Waals surface area contributed by atoms with E-state index in [9.17, 15) is 9.59 Å². The summed E-state index contributed by atoms with van der Waals surface area (Å²) in [6.45, 7) is 0. The molecule has 62 valence electrons. The molecule has 2 bridgehead atoms. The monoisotopic (exact) mass is 164 g/mol. The molecule has 2 fully saturated rings. The molecule has 0 aromatic rings. The van der Waals surface area contributed by atoms with Crippen molar-refractivity contribution in [3.63, 3.8) is 0 Å². The summed E-state index contributed by atoms with van der Waals surface area (Å²) in [7, 11) is 0. The molecule has 3 rings (SSSR count). The van der Waals surface area contributed by atoms with Gasteiger partial charge in [-0.2, -0.15) is 0 Å². The summed E-state index contributed by atoms with van der Waals surface area (Å²) in [4.78, 5) is 22.3. The third-order valence-corrected chi connectivity index (χ3v) is 3.16. The van der Waals surface area contributed by atoms with Gasteiger partial charge in [0.1, 0.15) is 0 Å². The number of hydrogen-bond donors (Lipinski definition) is 0. The van der Waals surface area contributed by atoms with Crippen LogP contribution in [-0.4, -0.2) is 11.9 Å². The third-order valence-electron chi connectivity index (χ3n) is 3.16. The second-order valence-corrected chi connectivity index (χ2v) is 3.71. The average molecular weight is 164 g/mol. The molecule has 1 heterocycles. The van der Waals surface area contributed by atoms with Crippen LogP contribution in [0.15, 0.2) is 11.1 Å². The predicted molar refractivity (Wildman–Crippen MR) is 39.0 cm³/mol. The Bertz CT molecular complexity index is 327. The fourth-order valence-corrected chi connectivity index (χ4v) is 2.66. The van der Waals surface area contributed by atoms with Crippen molar-refractivity contribution in [2.75, 3.05) is 0 Å². The number of allylic oxidation sites excluding steroid dienone is 1. The van der Waals surface area contributed by atoms with Crippen LogP contribution in [0.5, 0.6) is 0 Å². The van der Waals surface area contributed by atoms with Crippen molar-refractivity contribution in [3.8, 4) is 0 Å². The molecule has 3 nitrogen and oxygen atoms in total. The van der Waals surface area contributed by atoms with Gasteiger partial charge >= 0.3 is 11.9 Å². The molecule has 1 saturated heterocycles. The van der Waals surface area contributed by atoms with E-state index in [2.05, 4.69) is 4.74 Å². The highest BCUT2D eigenvalue weighted by Crippen LogP contribution is 2.51. The number of fused-ring (bicyclic) bond motifs is 4. The number of carbonyl (C=O) groups is 2. The minimum atomic E-state index is -0.373. The minimum Gasteiger partial charge on any atom is -0.389 e. The molecule has 1 aliphatic heterocycles. The molecule has 3 aliphatic rings. The van der Waals surface area contributed by atoms with Crippen LogP contribution in [0.2, 0.25) is 0 Å². The van der Waals surface area contributed by atoms with Crippen molar-refractivity contribution in [1.29, 1.82) is 0 Å². The first kappa shape index (κ1) is 6.40. The van der Waals surface area contributed by atoms with Crippen molar-refractivity contribution in [1.82, 2.24) is 0 Å². The maximum absolute atomic E-state index is 11.2. The Balaban J connectivity index is 2.18. The molecule has 0 aromatic carbocycles. The lowest BCUT2D eigenvalue weighted by molar-refractivity contribution is -0.153. The first-order valence-corrected chi connectivity index (χ1v) is 4.25. The van der Waals surface area contributed by atoms with Crippen LogP contribution < -0.4 is 0 Å². The molecule has 0 N–H and O–H groups in total. The van der Waals surface area contributed by atoms with Crippen molar-refractivity contribution < 1.29 is 14.3 Å². The Morgan fingerprint density at radius 3 is 2.92 bits per heavy atom. The molecule has 0 amide bonds. The zero-order chi connectivity index (χ0) is 8.29. The van der Waals surface area contributed by atoms with Crippen LogP contribution in [0, 0.1) is 11.8 Å². The summed E-state index contributed by atoms with van der Waals surface area (Å²) in [5.74, 6) is -0.480. The van der Waals surface area contributed by atoms with Gasteiger partial charge in [-0.05, 0) is 25.2 Å². The largest absolute Gasteiger partial charge is 0.389 e. The van der Waals surface area contributed by atoms with Crippen LogP contribution in [0.3, 0.4) is 0 Å². The first-order valence-electron chi connectivity index (χ1n) is 4.25. The van der Waals surface area contributed by atoms with Gasteiger partial charge in [0.05, 0.1) is 11.5 Å². The summed E-state index contributed by atoms with van der Waals surface area (Å²) >= 11 is 0. The summed E-state index contributed by atoms with van der Waals surface area (Å²) in [6, 6.07) is 0. The molecule has 0 aromatic heterocycles. The maximum atomic E-state index is 11.2. The lowest BCUT2D eigenvalue weighted by Gasteiger charge is -2.10. The summed E-state index contributed by atoms with van der Waals surface area (Å²) in [5.41, 5.74) is 1.89. The van der Waals surface area contributed by atoms with Gasteiger partial charge < -0.3 is 4.74 Å². The molecule has 1 saturated carbocycles. The van der Waals surface area contributed by atoms with Crippen molar-refractivity contribution in [3.05, 3.63) is 11.1 Å². The lowest BCUT2D eigenvalue weighted by Crippen LogP contribution is -2.16. The number of hydrogen-bond acceptors (Lipinski definition) is 3. The van der Waals surface area contributed by atoms with Crippen LogP contribution >= 0.6 is 0 Å². The highest BCUT2D eigenvalue weighted by Gasteiger charge is 2.52. The predicted octanol–water partition coefficient (Wildman–Crippen LogP) is 0.796. The van der Waals surface area contributed by atoms with Crippen molar-refractivity contribution >= 4 is 11.9 Å². The quantitative estimate of drug-likeness (QED) is 0.393. The lowest BCUT2D eigenvalue weighted by atomic mass is 9.88. The fourth-order valence-electron chi connectivity index (χ4n) is 2.66. The van der Waals surface area contributed by atoms with E-state index in [1.54, 1.807) is 0 Å². The standard InChI is InChI=1S/C9H8O3/c10-8-6-4-1-2-5(3-4)7(6)9(11)12-8/h4,6H,1-3H2/t4-,6+/m0/s1. The first-order chi connectivity index (χ1) is 5.77. The Morgan fingerprint density at radius 1 is 1.33 bits per heavy atom. The Labute approximate surface area is 69.4 Å². The SMILES string of the molecule is O=C1OC(=O)[C@H]2C1=C1CC[C@H]2C1. The van der Waals surface area contributed by atoms with Crippen molar-refractivity contribution in [2.45, 2.75) is 19.3 Å². The van der Waals surface area contributed by atoms with E-state index in [0.717, 1.165) is 19.3 Å². The molecule has 12 heavy (non-hydrogen) atoms. The second kappa shape index (κ2) is 1.79. The molecule has 3 heteroatoms. The van der Waals surface area contributed by atoms with E-state index in [-0.39, 0.29) is 17.9 Å². The summed E-state index contributed by atoms with van der Waals surface area (Å²) in [6.07, 6.45) is 3.02. The Morgan fingerprint density at radius 2 is 2.17 bits per heavy atom. The Hall–Kier alpha value is -1.12. The Kier molecular flexibility index (Phi) is 0.953. The molecular formula is C9H8O3. The molecule has 2 aliphatic carbocycles. The minimum absolute atomic E-state index is 0.179. The topological polar surface area (TPSA) is 43.4 Å². The van der Waals surface area contributed by atoms with Crippen LogP contribution in [0.1, 0.15) is 19.3 Å². The average Bonchev–Trinajstić information content (AvgIpc) is 2.64. The molecule has 0 unspecified atom stereocenters. The van der Waals surface area contributed by atoms with Gasteiger partial charge in [-0.25, -0.2) is 4.79 Å². The normalized spacial score (nSPS) is 37.7.